The Kier molecular flexibility index (Phi) is 6.43. The summed E-state index contributed by atoms with van der Waals surface area (Å²) < 4.78 is 34.8. The van der Waals surface area contributed by atoms with E-state index in [1.54, 1.807) is 47.4 Å². The van der Waals surface area contributed by atoms with Crippen LogP contribution in [0.1, 0.15) is 37.6 Å². The lowest BCUT2D eigenvalue weighted by Crippen LogP contribution is -2.38. The number of fused-ring (bicyclic) bond motifs is 2. The lowest BCUT2D eigenvalue weighted by atomic mass is 10.0. The predicted molar refractivity (Wildman–Crippen MR) is 132 cm³/mol. The smallest absolute Gasteiger partial charge is 0.258 e. The normalized spacial score (nSPS) is 18.2. The van der Waals surface area contributed by atoms with Crippen LogP contribution in [0.2, 0.25) is 0 Å². The fourth-order valence-electron chi connectivity index (χ4n) is 4.85. The predicted octanol–water partition coefficient (Wildman–Crippen LogP) is 2.59. The highest BCUT2D eigenvalue weighted by atomic mass is 32.2. The van der Waals surface area contributed by atoms with Gasteiger partial charge in [0.05, 0.1) is 28.4 Å². The molecule has 1 fully saturated rings. The molecule has 5 rings (SSSR count). The zero-order valence-corrected chi connectivity index (χ0v) is 20.4. The van der Waals surface area contributed by atoms with Crippen LogP contribution >= 0.6 is 0 Å². The molecule has 184 valence electrons. The number of aromatic nitrogens is 2. The number of aryl methyl sites for hydroxylation is 1. The molecule has 1 aromatic heterocycles. The second kappa shape index (κ2) is 9.52. The van der Waals surface area contributed by atoms with Gasteiger partial charge in [-0.3, -0.25) is 9.59 Å². The number of H-pyrrole nitrogens is 1. The molecule has 3 heterocycles. The van der Waals surface area contributed by atoms with Gasteiger partial charge in [-0.1, -0.05) is 12.1 Å². The topological polar surface area (TPSA) is 113 Å². The molecule has 0 bridgehead atoms. The van der Waals surface area contributed by atoms with E-state index in [0.29, 0.717) is 30.5 Å². The SMILES string of the molecule is CC(=O)N1CCCc2cc(S(=O)(=O)N(Cc3nc4ccccc4c(=O)[nH]3)C[C@H]3CCCO3)ccc21. The van der Waals surface area contributed by atoms with Gasteiger partial charge in [0.15, 0.2) is 0 Å². The summed E-state index contributed by atoms with van der Waals surface area (Å²) in [4.78, 5) is 33.7. The highest BCUT2D eigenvalue weighted by Gasteiger charge is 2.31. The molecule has 0 spiro atoms. The van der Waals surface area contributed by atoms with Crippen LogP contribution in [-0.4, -0.2) is 54.4 Å². The van der Waals surface area contributed by atoms with Crippen molar-refractivity contribution < 1.29 is 17.9 Å². The first-order valence-corrected chi connectivity index (χ1v) is 13.3. The Bertz CT molecular complexity index is 1430. The summed E-state index contributed by atoms with van der Waals surface area (Å²) in [7, 11) is -3.94. The number of aromatic amines is 1. The molecule has 1 N–H and O–H groups in total. The van der Waals surface area contributed by atoms with Crippen LogP contribution in [0.15, 0.2) is 52.2 Å². The minimum atomic E-state index is -3.94. The summed E-state index contributed by atoms with van der Waals surface area (Å²) in [5.74, 6) is 0.212. The Labute approximate surface area is 203 Å². The van der Waals surface area contributed by atoms with E-state index in [1.807, 2.05) is 0 Å². The lowest BCUT2D eigenvalue weighted by molar-refractivity contribution is -0.116. The second-order valence-electron chi connectivity index (χ2n) is 9.03. The summed E-state index contributed by atoms with van der Waals surface area (Å²) in [6.07, 6.45) is 2.91. The molecular weight excluding hydrogens is 468 g/mol. The van der Waals surface area contributed by atoms with Crippen LogP contribution < -0.4 is 10.5 Å². The van der Waals surface area contributed by atoms with E-state index in [4.69, 9.17) is 4.74 Å². The third-order valence-electron chi connectivity index (χ3n) is 6.61. The minimum absolute atomic E-state index is 0.0621. The van der Waals surface area contributed by atoms with Crippen LogP contribution in [0, 0.1) is 0 Å². The maximum Gasteiger partial charge on any atom is 0.258 e. The van der Waals surface area contributed by atoms with E-state index in [2.05, 4.69) is 9.97 Å². The Morgan fingerprint density at radius 2 is 2.06 bits per heavy atom. The molecule has 0 saturated carbocycles. The number of para-hydroxylation sites is 1. The molecule has 2 aromatic carbocycles. The molecule has 35 heavy (non-hydrogen) atoms. The zero-order valence-electron chi connectivity index (χ0n) is 19.6. The van der Waals surface area contributed by atoms with Gasteiger partial charge in [0.2, 0.25) is 15.9 Å². The Hall–Kier alpha value is -3.08. The maximum atomic E-state index is 13.8. The molecule has 0 unspecified atom stereocenters. The van der Waals surface area contributed by atoms with Crippen molar-refractivity contribution in [3.05, 3.63) is 64.2 Å². The zero-order chi connectivity index (χ0) is 24.6. The summed E-state index contributed by atoms with van der Waals surface area (Å²) in [6.45, 7) is 2.82. The molecule has 2 aliphatic heterocycles. The summed E-state index contributed by atoms with van der Waals surface area (Å²) in [6, 6.07) is 11.9. The number of carbonyl (C=O) groups is 1. The van der Waals surface area contributed by atoms with E-state index >= 15 is 0 Å². The quantitative estimate of drug-likeness (QED) is 0.561. The van der Waals surface area contributed by atoms with E-state index < -0.39 is 10.0 Å². The van der Waals surface area contributed by atoms with Crippen molar-refractivity contribution >= 4 is 32.5 Å². The molecule has 3 aromatic rings. The monoisotopic (exact) mass is 496 g/mol. The van der Waals surface area contributed by atoms with Gasteiger partial charge >= 0.3 is 0 Å². The van der Waals surface area contributed by atoms with Gasteiger partial charge in [0.25, 0.3) is 5.56 Å². The molecule has 2 aliphatic rings. The van der Waals surface area contributed by atoms with Crippen molar-refractivity contribution in [2.75, 3.05) is 24.6 Å². The first kappa shape index (κ1) is 23.7. The van der Waals surface area contributed by atoms with Crippen molar-refractivity contribution in [1.82, 2.24) is 14.3 Å². The number of ether oxygens (including phenoxy) is 1. The molecule has 10 heteroatoms. The molecular formula is C25H28N4O5S. The van der Waals surface area contributed by atoms with Gasteiger partial charge < -0.3 is 14.6 Å². The average Bonchev–Trinajstić information content (AvgIpc) is 3.36. The number of benzene rings is 2. The highest BCUT2D eigenvalue weighted by molar-refractivity contribution is 7.89. The number of rotatable bonds is 6. The number of anilines is 1. The summed E-state index contributed by atoms with van der Waals surface area (Å²) >= 11 is 0. The van der Waals surface area contributed by atoms with E-state index in [0.717, 1.165) is 30.5 Å². The number of nitrogens with one attached hydrogen (secondary N) is 1. The molecule has 1 amide bonds. The molecule has 1 saturated heterocycles. The molecule has 0 aliphatic carbocycles. The summed E-state index contributed by atoms with van der Waals surface area (Å²) in [5, 5.41) is 0.453. The number of hydrogen-bond acceptors (Lipinski definition) is 6. The lowest BCUT2D eigenvalue weighted by Gasteiger charge is -2.30. The molecule has 1 atom stereocenters. The van der Waals surface area contributed by atoms with Gasteiger partial charge in [0, 0.05) is 32.3 Å². The van der Waals surface area contributed by atoms with Gasteiger partial charge in [-0.25, -0.2) is 13.4 Å². The Balaban J connectivity index is 1.51. The number of sulfonamides is 1. The highest BCUT2D eigenvalue weighted by Crippen LogP contribution is 2.31. The number of carbonyl (C=O) groups excluding carboxylic acids is 1. The van der Waals surface area contributed by atoms with E-state index in [9.17, 15) is 18.0 Å². The third kappa shape index (κ3) is 4.73. The van der Waals surface area contributed by atoms with Crippen molar-refractivity contribution in [3.8, 4) is 0 Å². The Morgan fingerprint density at radius 3 is 2.83 bits per heavy atom. The standard InChI is InChI=1S/C25H28N4O5S/c1-17(30)29-12-4-6-18-14-20(10-11-23(18)29)35(32,33)28(15-19-7-5-13-34-19)16-24-26-22-9-3-2-8-21(22)25(31)27-24/h2-3,8-11,14,19H,4-7,12-13,15-16H2,1H3,(H,26,27,31)/t19-/m1/s1. The van der Waals surface area contributed by atoms with Crippen molar-refractivity contribution in [1.29, 1.82) is 0 Å². The number of nitrogens with zero attached hydrogens (tertiary/aromatic N) is 3. The van der Waals surface area contributed by atoms with Crippen LogP contribution in [0.3, 0.4) is 0 Å². The molecule has 0 radical (unpaired) electrons. The average molecular weight is 497 g/mol. The minimum Gasteiger partial charge on any atom is -0.377 e. The number of hydrogen-bond donors (Lipinski definition) is 1. The fourth-order valence-corrected chi connectivity index (χ4v) is 6.33. The van der Waals surface area contributed by atoms with E-state index in [-0.39, 0.29) is 41.4 Å². The van der Waals surface area contributed by atoms with Gasteiger partial charge in [-0.2, -0.15) is 4.31 Å². The van der Waals surface area contributed by atoms with Crippen LogP contribution in [0.25, 0.3) is 10.9 Å². The number of amides is 1. The van der Waals surface area contributed by atoms with Gasteiger partial charge in [0.1, 0.15) is 5.82 Å². The first-order chi connectivity index (χ1) is 16.8. The second-order valence-corrected chi connectivity index (χ2v) is 11.0. The van der Waals surface area contributed by atoms with Gasteiger partial charge in [-0.15, -0.1) is 0 Å². The van der Waals surface area contributed by atoms with E-state index in [1.165, 1.54) is 11.2 Å². The fraction of sp³-hybridized carbons (Fsp3) is 0.400. The largest absolute Gasteiger partial charge is 0.377 e. The molecule has 9 nitrogen and oxygen atoms in total. The van der Waals surface area contributed by atoms with Crippen LogP contribution in [0.5, 0.6) is 0 Å². The van der Waals surface area contributed by atoms with Crippen molar-refractivity contribution in [2.45, 2.75) is 50.2 Å². The van der Waals surface area contributed by atoms with Crippen molar-refractivity contribution in [2.24, 2.45) is 0 Å². The Morgan fingerprint density at radius 1 is 1.23 bits per heavy atom. The van der Waals surface area contributed by atoms with Crippen molar-refractivity contribution in [3.63, 3.8) is 0 Å². The summed E-state index contributed by atoms with van der Waals surface area (Å²) in [5.41, 5.74) is 1.80. The maximum absolute atomic E-state index is 13.8. The van der Waals surface area contributed by atoms with Crippen LogP contribution in [-0.2, 0) is 32.5 Å². The van der Waals surface area contributed by atoms with Crippen LogP contribution in [0.4, 0.5) is 5.69 Å². The third-order valence-corrected chi connectivity index (χ3v) is 8.41. The van der Waals surface area contributed by atoms with Gasteiger partial charge in [-0.05, 0) is 61.6 Å². The first-order valence-electron chi connectivity index (χ1n) is 11.8.